The van der Waals surface area contributed by atoms with Crippen LogP contribution in [0.5, 0.6) is 0 Å². The lowest BCUT2D eigenvalue weighted by Crippen LogP contribution is -2.11. The minimum Gasteiger partial charge on any atom is -0.377 e. The third kappa shape index (κ3) is 1.62. The van der Waals surface area contributed by atoms with E-state index in [0.717, 1.165) is 0 Å². The fraction of sp³-hybridized carbons (Fsp3) is 0.222. The van der Waals surface area contributed by atoms with Gasteiger partial charge in [0.15, 0.2) is 5.17 Å². The van der Waals surface area contributed by atoms with Crippen molar-refractivity contribution in [2.24, 2.45) is 10.8 Å². The highest BCUT2D eigenvalue weighted by Gasteiger charge is 2.23. The van der Waals surface area contributed by atoms with E-state index < -0.39 is 0 Å². The molecular weight excluding hydrogens is 182 g/mol. The first kappa shape index (κ1) is 8.44. The van der Waals surface area contributed by atoms with E-state index >= 15 is 0 Å². The summed E-state index contributed by atoms with van der Waals surface area (Å²) in [7, 11) is 1.94. The molecular formula is C9H11N3S. The van der Waals surface area contributed by atoms with Gasteiger partial charge < -0.3 is 5.73 Å². The smallest absolute Gasteiger partial charge is 0.180 e. The molecule has 2 rings (SSSR count). The lowest BCUT2D eigenvalue weighted by atomic mass is 10.2. The molecule has 1 aliphatic rings. The molecule has 4 heteroatoms. The van der Waals surface area contributed by atoms with Crippen molar-refractivity contribution in [1.82, 2.24) is 5.01 Å². The van der Waals surface area contributed by atoms with Crippen LogP contribution in [0.4, 0.5) is 0 Å². The third-order valence-corrected chi connectivity index (χ3v) is 3.04. The Labute approximate surface area is 81.6 Å². The second-order valence-electron chi connectivity index (χ2n) is 2.89. The van der Waals surface area contributed by atoms with Crippen LogP contribution in [0.1, 0.15) is 10.9 Å². The largest absolute Gasteiger partial charge is 0.377 e. The predicted molar refractivity (Wildman–Crippen MR) is 56.2 cm³/mol. The van der Waals surface area contributed by atoms with Crippen molar-refractivity contribution < 1.29 is 0 Å². The van der Waals surface area contributed by atoms with Crippen molar-refractivity contribution in [1.29, 1.82) is 0 Å². The maximum atomic E-state index is 5.62. The molecule has 1 heterocycles. The summed E-state index contributed by atoms with van der Waals surface area (Å²) in [5.41, 5.74) is 6.86. The number of amidine groups is 1. The molecule has 13 heavy (non-hydrogen) atoms. The van der Waals surface area contributed by atoms with Gasteiger partial charge in [0.1, 0.15) is 5.37 Å². The molecule has 0 aromatic heterocycles. The highest BCUT2D eigenvalue weighted by molar-refractivity contribution is 8.14. The van der Waals surface area contributed by atoms with E-state index in [1.54, 1.807) is 11.8 Å². The summed E-state index contributed by atoms with van der Waals surface area (Å²) in [5.74, 6) is 0. The van der Waals surface area contributed by atoms with Gasteiger partial charge in [-0.3, -0.25) is 5.01 Å². The van der Waals surface area contributed by atoms with Crippen LogP contribution in [0.25, 0.3) is 0 Å². The van der Waals surface area contributed by atoms with Crippen LogP contribution in [-0.2, 0) is 0 Å². The minimum absolute atomic E-state index is 0.237. The highest BCUT2D eigenvalue weighted by atomic mass is 32.2. The first-order chi connectivity index (χ1) is 6.27. The SMILES string of the molecule is CN1N=C(N)SC1c1ccccc1. The normalized spacial score (nSPS) is 21.8. The van der Waals surface area contributed by atoms with Gasteiger partial charge in [0, 0.05) is 7.05 Å². The van der Waals surface area contributed by atoms with E-state index in [1.807, 2.05) is 30.3 Å². The van der Waals surface area contributed by atoms with Crippen molar-refractivity contribution in [3.05, 3.63) is 35.9 Å². The summed E-state index contributed by atoms with van der Waals surface area (Å²) in [4.78, 5) is 0. The highest BCUT2D eigenvalue weighted by Crippen LogP contribution is 2.36. The third-order valence-electron chi connectivity index (χ3n) is 1.91. The fourth-order valence-electron chi connectivity index (χ4n) is 1.32. The summed E-state index contributed by atoms with van der Waals surface area (Å²) in [6.07, 6.45) is 0. The van der Waals surface area contributed by atoms with Crippen LogP contribution in [0.3, 0.4) is 0 Å². The van der Waals surface area contributed by atoms with E-state index in [0.29, 0.717) is 5.17 Å². The molecule has 1 unspecified atom stereocenters. The predicted octanol–water partition coefficient (Wildman–Crippen LogP) is 1.59. The number of nitrogens with two attached hydrogens (primary N) is 1. The Morgan fingerprint density at radius 1 is 1.38 bits per heavy atom. The van der Waals surface area contributed by atoms with Crippen LogP contribution in [0.2, 0.25) is 0 Å². The molecule has 0 saturated carbocycles. The minimum atomic E-state index is 0.237. The van der Waals surface area contributed by atoms with Crippen molar-refractivity contribution >= 4 is 16.9 Å². The maximum Gasteiger partial charge on any atom is 0.180 e. The van der Waals surface area contributed by atoms with Gasteiger partial charge in [0.05, 0.1) is 0 Å². The standard InChI is InChI=1S/C9H11N3S/c1-12-8(13-9(10)11-12)7-5-3-2-4-6-7/h2-6,8H,1H3,(H2,10,11). The molecule has 2 N–H and O–H groups in total. The number of hydrogen-bond acceptors (Lipinski definition) is 4. The van der Waals surface area contributed by atoms with Gasteiger partial charge in [-0.2, -0.15) is 5.10 Å². The molecule has 0 spiro atoms. The molecule has 0 aliphatic carbocycles. The lowest BCUT2D eigenvalue weighted by molar-refractivity contribution is 0.347. The average molecular weight is 193 g/mol. The second-order valence-corrected chi connectivity index (χ2v) is 3.99. The van der Waals surface area contributed by atoms with Gasteiger partial charge in [0.2, 0.25) is 0 Å². The zero-order valence-electron chi connectivity index (χ0n) is 7.34. The van der Waals surface area contributed by atoms with Gasteiger partial charge in [-0.25, -0.2) is 0 Å². The summed E-state index contributed by atoms with van der Waals surface area (Å²) >= 11 is 1.58. The van der Waals surface area contributed by atoms with Crippen LogP contribution < -0.4 is 5.73 Å². The number of hydrogen-bond donors (Lipinski definition) is 1. The van der Waals surface area contributed by atoms with Crippen LogP contribution in [-0.4, -0.2) is 17.2 Å². The summed E-state index contributed by atoms with van der Waals surface area (Å²) < 4.78 is 0. The Morgan fingerprint density at radius 3 is 2.62 bits per heavy atom. The van der Waals surface area contributed by atoms with Crippen molar-refractivity contribution in [2.75, 3.05) is 7.05 Å². The topological polar surface area (TPSA) is 41.6 Å². The molecule has 0 saturated heterocycles. The number of thioether (sulfide) groups is 1. The number of hydrazone groups is 1. The second kappa shape index (κ2) is 3.30. The summed E-state index contributed by atoms with van der Waals surface area (Å²) in [5, 5.41) is 6.89. The van der Waals surface area contributed by atoms with Crippen LogP contribution in [0.15, 0.2) is 35.4 Å². The van der Waals surface area contributed by atoms with Gasteiger partial charge >= 0.3 is 0 Å². The molecule has 1 aliphatic heterocycles. The number of nitrogens with zero attached hydrogens (tertiary/aromatic N) is 2. The van der Waals surface area contributed by atoms with Crippen LogP contribution >= 0.6 is 11.8 Å². The molecule has 0 fully saturated rings. The van der Waals surface area contributed by atoms with E-state index in [2.05, 4.69) is 17.2 Å². The van der Waals surface area contributed by atoms with E-state index in [-0.39, 0.29) is 5.37 Å². The Kier molecular flexibility index (Phi) is 2.14. The summed E-state index contributed by atoms with van der Waals surface area (Å²) in [6, 6.07) is 10.2. The van der Waals surface area contributed by atoms with E-state index in [1.165, 1.54) is 5.56 Å². The van der Waals surface area contributed by atoms with Crippen molar-refractivity contribution in [3.8, 4) is 0 Å². The van der Waals surface area contributed by atoms with Crippen molar-refractivity contribution in [3.63, 3.8) is 0 Å². The molecule has 3 nitrogen and oxygen atoms in total. The average Bonchev–Trinajstić information content (AvgIpc) is 2.47. The van der Waals surface area contributed by atoms with Crippen LogP contribution in [0, 0.1) is 0 Å². The first-order valence-corrected chi connectivity index (χ1v) is 4.94. The Balaban J connectivity index is 2.21. The summed E-state index contributed by atoms with van der Waals surface area (Å²) in [6.45, 7) is 0. The van der Waals surface area contributed by atoms with Gasteiger partial charge in [-0.05, 0) is 5.56 Å². The first-order valence-electron chi connectivity index (χ1n) is 4.06. The molecule has 0 amide bonds. The van der Waals surface area contributed by atoms with Crippen molar-refractivity contribution in [2.45, 2.75) is 5.37 Å². The Bertz CT molecular complexity index is 323. The van der Waals surface area contributed by atoms with E-state index in [9.17, 15) is 0 Å². The lowest BCUT2D eigenvalue weighted by Gasteiger charge is -2.17. The zero-order chi connectivity index (χ0) is 9.26. The zero-order valence-corrected chi connectivity index (χ0v) is 8.16. The molecule has 0 radical (unpaired) electrons. The van der Waals surface area contributed by atoms with E-state index in [4.69, 9.17) is 5.73 Å². The number of rotatable bonds is 1. The molecule has 1 aromatic carbocycles. The Morgan fingerprint density at radius 2 is 2.08 bits per heavy atom. The molecule has 1 aromatic rings. The quantitative estimate of drug-likeness (QED) is 0.736. The Hall–Kier alpha value is -1.16. The molecule has 68 valence electrons. The molecule has 1 atom stereocenters. The number of benzene rings is 1. The van der Waals surface area contributed by atoms with Gasteiger partial charge in [-0.1, -0.05) is 42.1 Å². The molecule has 0 bridgehead atoms. The monoisotopic (exact) mass is 193 g/mol. The van der Waals surface area contributed by atoms with Gasteiger partial charge in [0.25, 0.3) is 0 Å². The fourth-order valence-corrected chi connectivity index (χ4v) is 2.22. The van der Waals surface area contributed by atoms with Gasteiger partial charge in [-0.15, -0.1) is 0 Å². The maximum absolute atomic E-state index is 5.62.